The maximum atomic E-state index is 8.49. The smallest absolute Gasteiger partial charge is 0.194 e. The van der Waals surface area contributed by atoms with Gasteiger partial charge in [-0.25, -0.2) is 18.6 Å². The number of fused-ring (bicyclic) bond motifs is 1. The summed E-state index contributed by atoms with van der Waals surface area (Å²) in [4.78, 5) is 0. The van der Waals surface area contributed by atoms with Gasteiger partial charge in [0.15, 0.2) is 23.7 Å². The predicted molar refractivity (Wildman–Crippen MR) is 88.2 cm³/mol. The topological polar surface area (TPSA) is 115 Å². The van der Waals surface area contributed by atoms with Crippen LogP contribution in [0.4, 0.5) is 0 Å². The van der Waals surface area contributed by atoms with Crippen LogP contribution in [-0.4, -0.2) is 19.0 Å². The summed E-state index contributed by atoms with van der Waals surface area (Å²) in [6.07, 6.45) is 2.20. The van der Waals surface area contributed by atoms with Crippen LogP contribution in [0.1, 0.15) is 49.6 Å². The van der Waals surface area contributed by atoms with Crippen molar-refractivity contribution >= 4 is 0 Å². The Morgan fingerprint density at radius 1 is 0.929 bits per heavy atom. The minimum absolute atomic E-state index is 0.111. The standard InChI is InChI=1S/C20H24NO2.ClHO4/c1-4-22-20(23-5-2)14(3)19-16-11-7-6-10-15(16)18(20)17-12-8-9-13-21(17)19;2-1(3,4)5/h6-14,18-19H,4-5H2,1-3H3;(H,2,3,4,5)/q+1;/p-1. The monoisotopic (exact) mass is 409 g/mol. The van der Waals surface area contributed by atoms with Gasteiger partial charge in [0.2, 0.25) is 0 Å². The van der Waals surface area contributed by atoms with Crippen molar-refractivity contribution in [1.82, 2.24) is 0 Å². The van der Waals surface area contributed by atoms with Gasteiger partial charge in [-0.2, -0.15) is 4.57 Å². The maximum Gasteiger partial charge on any atom is 0.194 e. The van der Waals surface area contributed by atoms with Crippen LogP contribution in [-0.2, 0) is 9.47 Å². The second kappa shape index (κ2) is 8.04. The second-order valence-corrected chi connectivity index (χ2v) is 7.55. The first-order valence-corrected chi connectivity index (χ1v) is 10.5. The predicted octanol–water partition coefficient (Wildman–Crippen LogP) is -1.33. The summed E-state index contributed by atoms with van der Waals surface area (Å²) < 4.78 is 49.1. The Hall–Kier alpha value is -1.58. The molecule has 0 spiro atoms. The molecule has 1 aromatic heterocycles. The lowest BCUT2D eigenvalue weighted by Crippen LogP contribution is -2.68. The van der Waals surface area contributed by atoms with E-state index in [9.17, 15) is 0 Å². The fraction of sp³-hybridized carbons (Fsp3) is 0.450. The summed E-state index contributed by atoms with van der Waals surface area (Å²) in [6.45, 7) is 7.69. The number of benzene rings is 1. The average Bonchev–Trinajstić information content (AvgIpc) is 2.63. The van der Waals surface area contributed by atoms with Crippen LogP contribution in [0.5, 0.6) is 0 Å². The lowest BCUT2D eigenvalue weighted by Gasteiger charge is -2.51. The average molecular weight is 410 g/mol. The van der Waals surface area contributed by atoms with Crippen molar-refractivity contribution in [1.29, 1.82) is 0 Å². The molecule has 5 rings (SSSR count). The summed E-state index contributed by atoms with van der Waals surface area (Å²) in [5, 5.41) is 0. The highest BCUT2D eigenvalue weighted by Crippen LogP contribution is 2.55. The fourth-order valence-corrected chi connectivity index (χ4v) is 4.66. The Morgan fingerprint density at radius 2 is 1.46 bits per heavy atom. The van der Waals surface area contributed by atoms with Crippen LogP contribution < -0.4 is 23.2 Å². The van der Waals surface area contributed by atoms with E-state index in [1.54, 1.807) is 0 Å². The Bertz CT molecular complexity index is 765. The van der Waals surface area contributed by atoms with Crippen molar-refractivity contribution in [3.63, 3.8) is 0 Å². The van der Waals surface area contributed by atoms with Gasteiger partial charge in [0.25, 0.3) is 0 Å². The van der Waals surface area contributed by atoms with Gasteiger partial charge in [0.05, 0.1) is 5.92 Å². The summed E-state index contributed by atoms with van der Waals surface area (Å²) >= 11 is 0. The maximum absolute atomic E-state index is 8.49. The lowest BCUT2D eigenvalue weighted by molar-refractivity contribution is -2.00. The number of nitrogens with zero attached hydrogens (tertiary/aromatic N) is 1. The molecule has 28 heavy (non-hydrogen) atoms. The first-order chi connectivity index (χ1) is 13.2. The second-order valence-electron chi connectivity index (χ2n) is 6.79. The minimum Gasteiger partial charge on any atom is -0.348 e. The molecule has 152 valence electrons. The van der Waals surface area contributed by atoms with Crippen LogP contribution in [0.3, 0.4) is 0 Å². The molecule has 2 aliphatic heterocycles. The molecule has 0 radical (unpaired) electrons. The Morgan fingerprint density at radius 3 is 2.04 bits per heavy atom. The van der Waals surface area contributed by atoms with Gasteiger partial charge >= 0.3 is 0 Å². The highest BCUT2D eigenvalue weighted by Gasteiger charge is 2.64. The molecule has 7 nitrogen and oxygen atoms in total. The zero-order valence-electron chi connectivity index (χ0n) is 16.0. The van der Waals surface area contributed by atoms with Crippen LogP contribution in [0.2, 0.25) is 0 Å². The third-order valence-electron chi connectivity index (χ3n) is 5.39. The van der Waals surface area contributed by atoms with E-state index >= 15 is 0 Å². The Kier molecular flexibility index (Phi) is 6.07. The molecule has 0 N–H and O–H groups in total. The highest BCUT2D eigenvalue weighted by atomic mass is 35.7. The molecule has 2 bridgehead atoms. The lowest BCUT2D eigenvalue weighted by atomic mass is 9.65. The van der Waals surface area contributed by atoms with E-state index in [0.29, 0.717) is 13.2 Å². The first-order valence-electron chi connectivity index (χ1n) is 9.23. The number of ether oxygens (including phenoxy) is 2. The summed E-state index contributed by atoms with van der Waals surface area (Å²) in [5.41, 5.74) is 4.05. The van der Waals surface area contributed by atoms with Crippen molar-refractivity contribution in [2.24, 2.45) is 5.92 Å². The largest absolute Gasteiger partial charge is 0.348 e. The molecule has 0 fully saturated rings. The van der Waals surface area contributed by atoms with Gasteiger partial charge in [-0.3, -0.25) is 0 Å². The fourth-order valence-electron chi connectivity index (χ4n) is 4.66. The number of hydrogen-bond acceptors (Lipinski definition) is 6. The number of pyridine rings is 1. The van der Waals surface area contributed by atoms with Gasteiger partial charge in [-0.15, -0.1) is 10.2 Å². The van der Waals surface area contributed by atoms with Crippen molar-refractivity contribution in [3.05, 3.63) is 65.5 Å². The van der Waals surface area contributed by atoms with Crippen LogP contribution in [0.15, 0.2) is 48.7 Å². The molecule has 3 aliphatic rings. The normalized spacial score (nSPS) is 24.0. The van der Waals surface area contributed by atoms with Gasteiger partial charge in [0, 0.05) is 30.9 Å². The van der Waals surface area contributed by atoms with Crippen molar-refractivity contribution in [2.45, 2.75) is 38.5 Å². The van der Waals surface area contributed by atoms with E-state index in [2.05, 4.69) is 74.0 Å². The zero-order valence-corrected chi connectivity index (χ0v) is 16.8. The number of rotatable bonds is 4. The van der Waals surface area contributed by atoms with E-state index in [4.69, 9.17) is 28.1 Å². The Balaban J connectivity index is 0.000000403. The first kappa shape index (κ1) is 21.1. The minimum atomic E-state index is -4.94. The molecule has 3 heterocycles. The summed E-state index contributed by atoms with van der Waals surface area (Å²) in [7, 11) is -4.94. The molecular formula is C20H24ClNO6. The van der Waals surface area contributed by atoms with Gasteiger partial charge < -0.3 is 9.47 Å². The van der Waals surface area contributed by atoms with Crippen molar-refractivity contribution < 1.29 is 42.9 Å². The molecular weight excluding hydrogens is 386 g/mol. The number of aromatic nitrogens is 1. The highest BCUT2D eigenvalue weighted by molar-refractivity contribution is 5.44. The molecule has 0 saturated carbocycles. The molecule has 3 unspecified atom stereocenters. The molecule has 3 atom stereocenters. The SMILES string of the molecule is CCOC1(OCC)C2c3ccccc3C(C1C)[n+]1ccccc12.[O-][Cl+3]([O-])([O-])[O-]. The number of hydrogen-bond donors (Lipinski definition) is 0. The van der Waals surface area contributed by atoms with E-state index in [0.717, 1.165) is 0 Å². The quantitative estimate of drug-likeness (QED) is 0.456. The molecule has 0 saturated heterocycles. The van der Waals surface area contributed by atoms with Gasteiger partial charge in [-0.1, -0.05) is 37.3 Å². The molecule has 1 aromatic carbocycles. The van der Waals surface area contributed by atoms with E-state index in [-0.39, 0.29) is 17.9 Å². The van der Waals surface area contributed by atoms with Crippen LogP contribution >= 0.6 is 0 Å². The molecule has 1 aliphatic carbocycles. The van der Waals surface area contributed by atoms with Gasteiger partial charge in [-0.05, 0) is 19.4 Å². The van der Waals surface area contributed by atoms with E-state index in [1.807, 2.05) is 0 Å². The third-order valence-corrected chi connectivity index (χ3v) is 5.39. The molecule has 2 aromatic rings. The van der Waals surface area contributed by atoms with E-state index in [1.165, 1.54) is 16.8 Å². The van der Waals surface area contributed by atoms with Crippen molar-refractivity contribution in [3.8, 4) is 0 Å². The Labute approximate surface area is 166 Å². The van der Waals surface area contributed by atoms with Crippen molar-refractivity contribution in [2.75, 3.05) is 13.2 Å². The molecule has 0 amide bonds. The zero-order chi connectivity index (χ0) is 20.5. The third kappa shape index (κ3) is 3.67. The number of halogens is 1. The summed E-state index contributed by atoms with van der Waals surface area (Å²) in [6, 6.07) is 15.5. The van der Waals surface area contributed by atoms with Crippen LogP contribution in [0, 0.1) is 16.2 Å². The van der Waals surface area contributed by atoms with E-state index < -0.39 is 16.0 Å². The van der Waals surface area contributed by atoms with Gasteiger partial charge in [0.1, 0.15) is 5.92 Å². The summed E-state index contributed by atoms with van der Waals surface area (Å²) in [5.74, 6) is -0.217. The molecule has 8 heteroatoms. The van der Waals surface area contributed by atoms with Crippen LogP contribution in [0.25, 0.3) is 0 Å².